The van der Waals surface area contributed by atoms with Crippen molar-refractivity contribution in [2.75, 3.05) is 38.2 Å². The summed E-state index contributed by atoms with van der Waals surface area (Å²) in [6.07, 6.45) is 6.66. The number of aromatic amines is 1. The highest BCUT2D eigenvalue weighted by molar-refractivity contribution is 7.98. The number of aromatic nitrogens is 1. The van der Waals surface area contributed by atoms with Crippen LogP contribution in [0.1, 0.15) is 94.7 Å². The molecule has 2 fully saturated rings. The molecule has 16 N–H and O–H groups in total. The van der Waals surface area contributed by atoms with Gasteiger partial charge >= 0.3 is 5.97 Å². The Hall–Kier alpha value is -8.03. The zero-order valence-electron chi connectivity index (χ0n) is 49.3. The number of carboxylic acid groups (broad SMARTS) is 1. The molecule has 0 bridgehead atoms. The van der Waals surface area contributed by atoms with Gasteiger partial charge in [-0.25, -0.2) is 4.79 Å². The first kappa shape index (κ1) is 67.1. The van der Waals surface area contributed by atoms with Gasteiger partial charge in [-0.3, -0.25) is 43.8 Å². The van der Waals surface area contributed by atoms with E-state index in [-0.39, 0.29) is 69.9 Å². The normalized spacial score (nSPS) is 17.3. The van der Waals surface area contributed by atoms with Crippen molar-refractivity contribution in [1.82, 2.24) is 52.0 Å². The van der Waals surface area contributed by atoms with Crippen molar-refractivity contribution >= 4 is 81.9 Å². The zero-order chi connectivity index (χ0) is 62.3. The van der Waals surface area contributed by atoms with Crippen LogP contribution in [0, 0.1) is 11.3 Å². The van der Waals surface area contributed by atoms with Gasteiger partial charge in [0.05, 0.1) is 6.04 Å². The summed E-state index contributed by atoms with van der Waals surface area (Å²) in [7, 11) is 0. The molecule has 86 heavy (non-hydrogen) atoms. The Kier molecular flexibility index (Phi) is 26.2. The van der Waals surface area contributed by atoms with Crippen LogP contribution in [-0.2, 0) is 62.4 Å². The first-order chi connectivity index (χ1) is 41.3. The largest absolute Gasteiger partial charge is 0.480 e. The molecular weight excluding hydrogens is 1120 g/mol. The van der Waals surface area contributed by atoms with Crippen LogP contribution in [0.4, 0.5) is 0 Å². The number of carboxylic acids is 1. The van der Waals surface area contributed by atoms with Gasteiger partial charge in [0.25, 0.3) is 0 Å². The van der Waals surface area contributed by atoms with E-state index in [9.17, 15) is 38.7 Å². The number of aliphatic carboxylic acids is 1. The Morgan fingerprint density at radius 1 is 0.640 bits per heavy atom. The van der Waals surface area contributed by atoms with Crippen LogP contribution >= 0.6 is 11.8 Å². The highest BCUT2D eigenvalue weighted by Crippen LogP contribution is 2.24. The molecule has 0 aliphatic carbocycles. The molecule has 4 aromatic rings. The van der Waals surface area contributed by atoms with Crippen LogP contribution in [-0.4, -0.2) is 172 Å². The molecule has 3 heterocycles. The molecular formula is C61H86N14O10S. The summed E-state index contributed by atoms with van der Waals surface area (Å²) in [6, 6.07) is 14.7. The first-order valence-corrected chi connectivity index (χ1v) is 31.0. The van der Waals surface area contributed by atoms with Gasteiger partial charge in [0, 0.05) is 56.0 Å². The lowest BCUT2D eigenvalue weighted by molar-refractivity contribution is -0.146. The molecule has 0 spiro atoms. The Balaban J connectivity index is 1.30. The predicted molar refractivity (Wildman–Crippen MR) is 329 cm³/mol. The number of benzene rings is 3. The maximum atomic E-state index is 15.2. The lowest BCUT2D eigenvalue weighted by Gasteiger charge is -2.31. The van der Waals surface area contributed by atoms with Gasteiger partial charge in [-0.1, -0.05) is 92.7 Å². The second-order valence-electron chi connectivity index (χ2n) is 22.4. The van der Waals surface area contributed by atoms with Gasteiger partial charge in [-0.05, 0) is 111 Å². The van der Waals surface area contributed by atoms with E-state index < -0.39 is 108 Å². The minimum absolute atomic E-state index is 0.00192. The zero-order valence-corrected chi connectivity index (χ0v) is 50.1. The topological polar surface area (TPSA) is 382 Å². The van der Waals surface area contributed by atoms with Crippen molar-refractivity contribution in [1.29, 1.82) is 5.41 Å². The van der Waals surface area contributed by atoms with Crippen LogP contribution in [0.15, 0.2) is 91.1 Å². The Labute approximate surface area is 506 Å². The third kappa shape index (κ3) is 19.5. The average Bonchev–Trinajstić information content (AvgIpc) is 3.17. The summed E-state index contributed by atoms with van der Waals surface area (Å²) in [5, 5.41) is 38.0. The second kappa shape index (κ2) is 33.6. The molecule has 0 unspecified atom stereocenters. The number of hydrogen-bond donors (Lipinski definition) is 13. The monoisotopic (exact) mass is 1210 g/mol. The number of carbonyl (C=O) groups excluding carboxylic acids is 8. The van der Waals surface area contributed by atoms with Gasteiger partial charge < -0.3 is 74.3 Å². The number of H-pyrrole nitrogens is 1. The number of likely N-dealkylation sites (tertiary alicyclic amines) is 2. The SMILES string of the molecule is CSCC[C@H](N)C(=O)N1CCC[C@H]1C(=O)N[C@H](Cc1ccccc1)C(=O)N[C@@H](CCCNC(=N)N)C(=O)N[C@H](Cc1c[nH]c2ccccc12)C(=O)N[C@@H](Cc1ccccc1)C(=O)N[C@@H](CCCCN)C(=O)N1CCC[C@H]1C(=O)N[C@H](C(=O)O)C(C)C. The summed E-state index contributed by atoms with van der Waals surface area (Å²) < 4.78 is 0. The number of nitrogens with zero attached hydrogens (tertiary/aromatic N) is 2. The number of nitrogens with two attached hydrogens (primary N) is 3. The number of rotatable bonds is 33. The Morgan fingerprint density at radius 2 is 1.14 bits per heavy atom. The van der Waals surface area contributed by atoms with Crippen molar-refractivity contribution in [3.05, 3.63) is 108 Å². The van der Waals surface area contributed by atoms with Gasteiger partial charge in [0.15, 0.2) is 5.96 Å². The van der Waals surface area contributed by atoms with Crippen molar-refractivity contribution in [3.63, 3.8) is 0 Å². The van der Waals surface area contributed by atoms with Crippen molar-refractivity contribution in [3.8, 4) is 0 Å². The lowest BCUT2D eigenvalue weighted by atomic mass is 10.00. The average molecular weight is 1210 g/mol. The summed E-state index contributed by atoms with van der Waals surface area (Å²) >= 11 is 1.55. The maximum Gasteiger partial charge on any atom is 0.326 e. The molecule has 2 saturated heterocycles. The highest BCUT2D eigenvalue weighted by Gasteiger charge is 2.42. The quantitative estimate of drug-likeness (QED) is 0.0182. The standard InChI is InChI=1S/C61H86N14O10S/c1-37(2)51(60(84)85)73-57(81)50-26-16-31-75(50)59(83)45(23-12-13-28-62)69-54(78)46(33-38-17-6-4-7-18-38)70-55(79)48(35-40-36-67-43-22-11-10-21-41(40)43)71-52(76)44(24-14-29-66-61(64)65)68-53(77)47(34-39-19-8-5-9-20-39)72-56(80)49-25-15-30-74(49)58(82)42(63)27-32-86-3/h4-11,17-22,36-37,42,44-51,67H,12-16,23-35,62-63H2,1-3H3,(H,68,77)(H,69,78)(H,70,79)(H,71,76)(H,72,80)(H,73,81)(H,84,85)(H4,64,65,66)/t42-,44-,45-,46-,47+,48+,49-,50-,51-/m0/s1. The molecule has 2 aliphatic rings. The van der Waals surface area contributed by atoms with E-state index in [1.165, 1.54) is 9.80 Å². The molecule has 466 valence electrons. The van der Waals surface area contributed by atoms with E-state index in [2.05, 4.69) is 42.2 Å². The summed E-state index contributed by atoms with van der Waals surface area (Å²) in [4.78, 5) is 134. The third-order valence-corrected chi connectivity index (χ3v) is 16.2. The van der Waals surface area contributed by atoms with Crippen LogP contribution in [0.5, 0.6) is 0 Å². The number of thioether (sulfide) groups is 1. The molecule has 6 rings (SSSR count). The van der Waals surface area contributed by atoms with E-state index >= 15 is 9.59 Å². The number of para-hydroxylation sites is 1. The van der Waals surface area contributed by atoms with Crippen LogP contribution in [0.25, 0.3) is 10.9 Å². The highest BCUT2D eigenvalue weighted by atomic mass is 32.2. The fourth-order valence-corrected chi connectivity index (χ4v) is 11.4. The van der Waals surface area contributed by atoms with Gasteiger partial charge in [0.1, 0.15) is 48.3 Å². The van der Waals surface area contributed by atoms with Crippen molar-refractivity contribution in [2.45, 2.75) is 152 Å². The smallest absolute Gasteiger partial charge is 0.326 e. The van der Waals surface area contributed by atoms with Crippen molar-refractivity contribution < 1.29 is 48.3 Å². The maximum absolute atomic E-state index is 15.2. The molecule has 1 aromatic heterocycles. The molecule has 3 aromatic carbocycles. The van der Waals surface area contributed by atoms with E-state index in [0.29, 0.717) is 74.1 Å². The van der Waals surface area contributed by atoms with Gasteiger partial charge in [0.2, 0.25) is 47.3 Å². The number of hydrogen-bond acceptors (Lipinski definition) is 13. The number of nitrogens with one attached hydrogen (secondary N) is 9. The number of fused-ring (bicyclic) bond motifs is 1. The van der Waals surface area contributed by atoms with E-state index in [1.54, 1.807) is 92.5 Å². The summed E-state index contributed by atoms with van der Waals surface area (Å²) in [6.45, 7) is 4.24. The molecule has 0 radical (unpaired) electrons. The molecule has 9 atom stereocenters. The number of amides is 8. The molecule has 8 amide bonds. The van der Waals surface area contributed by atoms with E-state index in [1.807, 2.05) is 30.5 Å². The van der Waals surface area contributed by atoms with E-state index in [4.69, 9.17) is 22.6 Å². The first-order valence-electron chi connectivity index (χ1n) is 29.6. The Morgan fingerprint density at radius 3 is 1.70 bits per heavy atom. The summed E-state index contributed by atoms with van der Waals surface area (Å²) in [5.41, 5.74) is 20.5. The van der Waals surface area contributed by atoms with Crippen molar-refractivity contribution in [2.24, 2.45) is 23.1 Å². The Bertz CT molecular complexity index is 2950. The number of unbranched alkanes of at least 4 members (excludes halogenated alkanes) is 1. The lowest BCUT2D eigenvalue weighted by Crippen LogP contribution is -2.61. The minimum Gasteiger partial charge on any atom is -0.480 e. The summed E-state index contributed by atoms with van der Waals surface area (Å²) in [5.74, 6) is -6.49. The van der Waals surface area contributed by atoms with Crippen LogP contribution < -0.4 is 54.4 Å². The van der Waals surface area contributed by atoms with Gasteiger partial charge in [-0.15, -0.1) is 0 Å². The van der Waals surface area contributed by atoms with Crippen LogP contribution in [0.2, 0.25) is 0 Å². The fourth-order valence-electron chi connectivity index (χ4n) is 10.9. The van der Waals surface area contributed by atoms with Gasteiger partial charge in [-0.2, -0.15) is 11.8 Å². The van der Waals surface area contributed by atoms with Crippen LogP contribution in [0.3, 0.4) is 0 Å². The molecule has 24 nitrogen and oxygen atoms in total. The number of guanidine groups is 1. The third-order valence-electron chi connectivity index (χ3n) is 15.6. The van der Waals surface area contributed by atoms with E-state index in [0.717, 1.165) is 10.9 Å². The molecule has 0 saturated carbocycles. The minimum atomic E-state index is -1.41. The second-order valence-corrected chi connectivity index (χ2v) is 23.3. The fraction of sp³-hybridized carbons (Fsp3) is 0.508. The molecule has 2 aliphatic heterocycles. The molecule has 25 heteroatoms. The predicted octanol–water partition coefficient (Wildman–Crippen LogP) is 1.30. The number of carbonyl (C=O) groups is 9.